The van der Waals surface area contributed by atoms with E-state index in [9.17, 15) is 0 Å². The van der Waals surface area contributed by atoms with Crippen molar-refractivity contribution in [2.75, 3.05) is 11.1 Å². The largest absolute Gasteiger partial charge is 0.390 e. The predicted molar refractivity (Wildman–Crippen MR) is 59.7 cm³/mol. The van der Waals surface area contributed by atoms with Gasteiger partial charge in [0.1, 0.15) is 0 Å². The van der Waals surface area contributed by atoms with Gasteiger partial charge >= 0.3 is 12.0 Å². The molecule has 0 aliphatic rings. The van der Waals surface area contributed by atoms with Gasteiger partial charge in [-0.3, -0.25) is 0 Å². The summed E-state index contributed by atoms with van der Waals surface area (Å²) in [5.74, 6) is 0. The number of hydrogen-bond acceptors (Lipinski definition) is 6. The molecule has 15 heavy (non-hydrogen) atoms. The maximum Gasteiger partial charge on any atom is 0.317 e. The molecule has 0 bridgehead atoms. The summed E-state index contributed by atoms with van der Waals surface area (Å²) in [5.41, 5.74) is 5.30. The van der Waals surface area contributed by atoms with E-state index in [1.807, 2.05) is 0 Å². The van der Waals surface area contributed by atoms with Crippen LogP contribution in [0.5, 0.6) is 0 Å². The molecule has 0 fully saturated rings. The van der Waals surface area contributed by atoms with Crippen molar-refractivity contribution in [3.8, 4) is 0 Å². The number of nitrogens with two attached hydrogens (primary N) is 1. The molecule has 2 rings (SSSR count). The molecule has 0 radical (unpaired) electrons. The summed E-state index contributed by atoms with van der Waals surface area (Å²) < 4.78 is 4.99. The van der Waals surface area contributed by atoms with E-state index < -0.39 is 0 Å². The molecule has 2 aromatic heterocycles. The first-order valence-corrected chi connectivity index (χ1v) is 5.50. The molecule has 0 spiro atoms. The lowest BCUT2D eigenvalue weighted by molar-refractivity contribution is 0.586. The van der Waals surface area contributed by atoms with E-state index in [0.717, 1.165) is 6.42 Å². The molecule has 0 atom stereocenters. The minimum atomic E-state index is 0.0814. The van der Waals surface area contributed by atoms with Crippen molar-refractivity contribution in [1.82, 2.24) is 10.2 Å². The highest BCUT2D eigenvalue weighted by Crippen LogP contribution is 2.18. The van der Waals surface area contributed by atoms with Crippen LogP contribution in [0.2, 0.25) is 0 Å². The number of nitrogen functional groups attached to an aromatic ring is 1. The maximum absolute atomic E-state index is 5.30. The highest BCUT2D eigenvalue weighted by atomic mass is 32.1. The van der Waals surface area contributed by atoms with Gasteiger partial charge in [-0.05, 0) is 18.6 Å². The molecule has 80 valence electrons. The number of rotatable bonds is 4. The zero-order valence-corrected chi connectivity index (χ0v) is 9.17. The van der Waals surface area contributed by atoms with Gasteiger partial charge < -0.3 is 15.5 Å². The van der Waals surface area contributed by atoms with Crippen LogP contribution in [-0.4, -0.2) is 10.2 Å². The summed E-state index contributed by atoms with van der Waals surface area (Å²) in [7, 11) is 0. The molecule has 0 amide bonds. The van der Waals surface area contributed by atoms with E-state index >= 15 is 0 Å². The fourth-order valence-corrected chi connectivity index (χ4v) is 2.07. The summed E-state index contributed by atoms with van der Waals surface area (Å²) >= 11 is 1.78. The summed E-state index contributed by atoms with van der Waals surface area (Å²) in [6.07, 6.45) is 1.07. The van der Waals surface area contributed by atoms with Crippen molar-refractivity contribution in [2.24, 2.45) is 0 Å². The number of aryl methyl sites for hydroxylation is 1. The van der Waals surface area contributed by atoms with Gasteiger partial charge in [0.15, 0.2) is 0 Å². The fourth-order valence-electron chi connectivity index (χ4n) is 1.18. The third-order valence-electron chi connectivity index (χ3n) is 1.92. The SMILES string of the molecule is CCc1ccc(CNc2nnc(N)o2)s1. The minimum absolute atomic E-state index is 0.0814. The second-order valence-electron chi connectivity index (χ2n) is 3.02. The number of hydrogen-bond donors (Lipinski definition) is 2. The van der Waals surface area contributed by atoms with Crippen LogP contribution in [0, 0.1) is 0 Å². The number of nitrogens with one attached hydrogen (secondary N) is 1. The van der Waals surface area contributed by atoms with Crippen molar-refractivity contribution in [1.29, 1.82) is 0 Å². The van der Waals surface area contributed by atoms with E-state index in [-0.39, 0.29) is 6.01 Å². The van der Waals surface area contributed by atoms with E-state index in [1.54, 1.807) is 11.3 Å². The van der Waals surface area contributed by atoms with Crippen molar-refractivity contribution in [3.05, 3.63) is 21.9 Å². The molecule has 2 aromatic rings. The Balaban J connectivity index is 1.93. The first-order chi connectivity index (χ1) is 7.28. The Morgan fingerprint density at radius 1 is 1.40 bits per heavy atom. The van der Waals surface area contributed by atoms with Crippen LogP contribution in [0.1, 0.15) is 16.7 Å². The van der Waals surface area contributed by atoms with Crippen molar-refractivity contribution < 1.29 is 4.42 Å². The Kier molecular flexibility index (Phi) is 2.86. The van der Waals surface area contributed by atoms with Crippen LogP contribution in [-0.2, 0) is 13.0 Å². The number of nitrogens with zero attached hydrogens (tertiary/aromatic N) is 2. The van der Waals surface area contributed by atoms with E-state index in [4.69, 9.17) is 10.2 Å². The lowest BCUT2D eigenvalue weighted by Gasteiger charge is -1.96. The zero-order valence-electron chi connectivity index (χ0n) is 8.36. The van der Waals surface area contributed by atoms with Gasteiger partial charge in [0.05, 0.1) is 6.54 Å². The van der Waals surface area contributed by atoms with Gasteiger partial charge in [-0.25, -0.2) is 0 Å². The summed E-state index contributed by atoms with van der Waals surface area (Å²) in [5, 5.41) is 10.3. The quantitative estimate of drug-likeness (QED) is 0.829. The second-order valence-corrected chi connectivity index (χ2v) is 4.27. The molecular weight excluding hydrogens is 212 g/mol. The minimum Gasteiger partial charge on any atom is -0.390 e. The molecule has 6 heteroatoms. The normalized spacial score (nSPS) is 10.5. The average molecular weight is 224 g/mol. The average Bonchev–Trinajstić information content (AvgIpc) is 2.83. The molecular formula is C9H12N4OS. The predicted octanol–water partition coefficient (Wildman–Crippen LogP) is 1.89. The van der Waals surface area contributed by atoms with Gasteiger partial charge in [0.2, 0.25) is 0 Å². The van der Waals surface area contributed by atoms with Crippen molar-refractivity contribution in [3.63, 3.8) is 0 Å². The first kappa shape index (κ1) is 9.97. The van der Waals surface area contributed by atoms with E-state index in [2.05, 4.69) is 34.6 Å². The summed E-state index contributed by atoms with van der Waals surface area (Å²) in [6.45, 7) is 2.83. The Labute approximate surface area is 91.3 Å². The van der Waals surface area contributed by atoms with Gasteiger partial charge in [-0.15, -0.1) is 11.3 Å². The smallest absolute Gasteiger partial charge is 0.317 e. The first-order valence-electron chi connectivity index (χ1n) is 4.68. The van der Waals surface area contributed by atoms with Crippen LogP contribution in [0.3, 0.4) is 0 Å². The molecule has 2 heterocycles. The van der Waals surface area contributed by atoms with Crippen LogP contribution in [0.15, 0.2) is 16.5 Å². The highest BCUT2D eigenvalue weighted by molar-refractivity contribution is 7.12. The fraction of sp³-hybridized carbons (Fsp3) is 0.333. The lowest BCUT2D eigenvalue weighted by atomic mass is 10.4. The maximum atomic E-state index is 5.30. The zero-order chi connectivity index (χ0) is 10.7. The molecule has 5 nitrogen and oxygen atoms in total. The van der Waals surface area contributed by atoms with Gasteiger partial charge in [-0.1, -0.05) is 17.1 Å². The molecule has 0 aliphatic carbocycles. The van der Waals surface area contributed by atoms with Crippen LogP contribution in [0.25, 0.3) is 0 Å². The topological polar surface area (TPSA) is 77.0 Å². The van der Waals surface area contributed by atoms with Gasteiger partial charge in [-0.2, -0.15) is 0 Å². The monoisotopic (exact) mass is 224 g/mol. The van der Waals surface area contributed by atoms with E-state index in [0.29, 0.717) is 12.6 Å². The Bertz CT molecular complexity index is 437. The molecule has 0 saturated heterocycles. The summed E-state index contributed by atoms with van der Waals surface area (Å²) in [4.78, 5) is 2.61. The number of anilines is 2. The Morgan fingerprint density at radius 3 is 2.80 bits per heavy atom. The molecule has 0 saturated carbocycles. The third-order valence-corrected chi connectivity index (χ3v) is 3.15. The Morgan fingerprint density at radius 2 is 2.20 bits per heavy atom. The second kappa shape index (κ2) is 4.31. The van der Waals surface area contributed by atoms with Gasteiger partial charge in [0, 0.05) is 9.75 Å². The van der Waals surface area contributed by atoms with E-state index in [1.165, 1.54) is 9.75 Å². The van der Waals surface area contributed by atoms with Crippen molar-refractivity contribution in [2.45, 2.75) is 19.9 Å². The third kappa shape index (κ3) is 2.47. The standard InChI is InChI=1S/C9H12N4OS/c1-2-6-3-4-7(15-6)5-11-9-13-12-8(10)14-9/h3-4H,2,5H2,1H3,(H2,10,12)(H,11,13). The van der Waals surface area contributed by atoms with Crippen molar-refractivity contribution >= 4 is 23.4 Å². The van der Waals surface area contributed by atoms with Gasteiger partial charge in [0.25, 0.3) is 0 Å². The van der Waals surface area contributed by atoms with Crippen LogP contribution < -0.4 is 11.1 Å². The molecule has 3 N–H and O–H groups in total. The summed E-state index contributed by atoms with van der Waals surface area (Å²) in [6, 6.07) is 4.66. The molecule has 0 aromatic carbocycles. The van der Waals surface area contributed by atoms with Crippen LogP contribution >= 0.6 is 11.3 Å². The molecule has 0 aliphatic heterocycles. The molecule has 0 unspecified atom stereocenters. The van der Waals surface area contributed by atoms with Crippen LogP contribution in [0.4, 0.5) is 12.0 Å². The highest BCUT2D eigenvalue weighted by Gasteiger charge is 2.03. The number of thiophene rings is 1. The lowest BCUT2D eigenvalue weighted by Crippen LogP contribution is -1.97. The number of aromatic nitrogens is 2. The Hall–Kier alpha value is -1.56.